The van der Waals surface area contributed by atoms with Crippen molar-refractivity contribution in [3.05, 3.63) is 12.3 Å². The molecule has 6 heteroatoms. The molecule has 0 saturated carbocycles. The lowest BCUT2D eigenvalue weighted by atomic mass is 10.5. The highest BCUT2D eigenvalue weighted by atomic mass is 28.4. The second kappa shape index (κ2) is 6.85. The van der Waals surface area contributed by atoms with Crippen molar-refractivity contribution in [3.63, 3.8) is 0 Å². The normalized spacial score (nSPS) is 23.8. The third-order valence-corrected chi connectivity index (χ3v) is 15.8. The summed E-state index contributed by atoms with van der Waals surface area (Å²) in [6.45, 7) is 19.5. The Labute approximate surface area is 125 Å². The minimum absolute atomic E-state index is 0.892. The lowest BCUT2D eigenvalue weighted by molar-refractivity contribution is 0.0448. The van der Waals surface area contributed by atoms with Crippen molar-refractivity contribution < 1.29 is 9.47 Å². The van der Waals surface area contributed by atoms with Crippen molar-refractivity contribution in [1.29, 1.82) is 0 Å². The van der Waals surface area contributed by atoms with Crippen LogP contribution in [0.2, 0.25) is 25.3 Å². The van der Waals surface area contributed by atoms with Gasteiger partial charge in [-0.2, -0.15) is 0 Å². The van der Waals surface area contributed by atoms with E-state index < -0.39 is 16.5 Å². The second-order valence-corrected chi connectivity index (χ2v) is 16.3. The maximum atomic E-state index is 5.57. The minimum atomic E-state index is -1.61. The quantitative estimate of drug-likeness (QED) is 0.721. The molecule has 2 fully saturated rings. The van der Waals surface area contributed by atoms with Gasteiger partial charge in [-0.05, 0) is 12.2 Å². The molecule has 0 aromatic carbocycles. The summed E-state index contributed by atoms with van der Waals surface area (Å²) in [5.41, 5.74) is 3.63. The van der Waals surface area contributed by atoms with E-state index in [9.17, 15) is 0 Å². The molecule has 0 aliphatic carbocycles. The van der Waals surface area contributed by atoms with Crippen molar-refractivity contribution in [2.75, 3.05) is 52.6 Å². The summed E-state index contributed by atoms with van der Waals surface area (Å²) in [4.78, 5) is 0. The summed E-state index contributed by atoms with van der Waals surface area (Å²) < 4.78 is 16.7. The van der Waals surface area contributed by atoms with Crippen LogP contribution < -0.4 is 0 Å². The number of ether oxygens (including phenoxy) is 2. The molecular weight excluding hydrogens is 284 g/mol. The van der Waals surface area contributed by atoms with Gasteiger partial charge in [0.1, 0.15) is 0 Å². The van der Waals surface area contributed by atoms with Gasteiger partial charge in [0.2, 0.25) is 8.40 Å². The zero-order chi connectivity index (χ0) is 14.6. The number of nitrogens with zero attached hydrogens (tertiary/aromatic N) is 2. The van der Waals surface area contributed by atoms with Crippen LogP contribution in [0.4, 0.5) is 0 Å². The fourth-order valence-corrected chi connectivity index (χ4v) is 15.4. The van der Waals surface area contributed by atoms with E-state index in [-0.39, 0.29) is 0 Å². The van der Waals surface area contributed by atoms with Crippen LogP contribution in [0.15, 0.2) is 12.3 Å². The van der Waals surface area contributed by atoms with Gasteiger partial charge in [-0.3, -0.25) is 0 Å². The molecule has 0 spiro atoms. The zero-order valence-corrected chi connectivity index (χ0v) is 15.4. The molecule has 116 valence electrons. The van der Waals surface area contributed by atoms with Crippen LogP contribution in [-0.4, -0.2) is 78.2 Å². The summed E-state index contributed by atoms with van der Waals surface area (Å²) in [6.07, 6.45) is 0. The van der Waals surface area contributed by atoms with E-state index in [1.165, 1.54) is 5.67 Å². The number of morpholine rings is 2. The highest BCUT2D eigenvalue weighted by molar-refractivity contribution is 6.95. The first kappa shape index (κ1) is 16.4. The van der Waals surface area contributed by atoms with Gasteiger partial charge in [0, 0.05) is 26.2 Å². The smallest absolute Gasteiger partial charge is 0.201 e. The Bertz CT molecular complexity index is 309. The summed E-state index contributed by atoms with van der Waals surface area (Å²) in [5.74, 6) is 0. The summed E-state index contributed by atoms with van der Waals surface area (Å²) >= 11 is 0. The fraction of sp³-hybridized carbons (Fsp3) is 0.857. The van der Waals surface area contributed by atoms with Gasteiger partial charge in [-0.25, -0.2) is 0 Å². The highest BCUT2D eigenvalue weighted by Crippen LogP contribution is 2.28. The van der Waals surface area contributed by atoms with Crippen LogP contribution in [0.1, 0.15) is 0 Å². The summed E-state index contributed by atoms with van der Waals surface area (Å²) in [5, 5.41) is 0. The third-order valence-electron chi connectivity index (χ3n) is 4.73. The molecule has 2 heterocycles. The number of hydrogen-bond acceptors (Lipinski definition) is 4. The van der Waals surface area contributed by atoms with Crippen LogP contribution in [0.5, 0.6) is 0 Å². The fourth-order valence-electron chi connectivity index (χ4n) is 3.45. The lowest BCUT2D eigenvalue weighted by Crippen LogP contribution is -2.70. The monoisotopic (exact) mass is 314 g/mol. The molecular formula is C14H30N2O2Si2. The molecule has 0 unspecified atom stereocenters. The van der Waals surface area contributed by atoms with Crippen molar-refractivity contribution >= 4 is 16.5 Å². The molecule has 0 aromatic rings. The van der Waals surface area contributed by atoms with Crippen molar-refractivity contribution in [1.82, 2.24) is 9.13 Å². The van der Waals surface area contributed by atoms with Crippen LogP contribution in [-0.2, 0) is 9.47 Å². The molecule has 0 radical (unpaired) electrons. The molecule has 20 heavy (non-hydrogen) atoms. The molecule has 0 aromatic heterocycles. The van der Waals surface area contributed by atoms with Crippen molar-refractivity contribution in [2.24, 2.45) is 0 Å². The van der Waals surface area contributed by atoms with E-state index in [2.05, 4.69) is 41.1 Å². The Balaban J connectivity index is 2.18. The summed E-state index contributed by atoms with van der Waals surface area (Å²) in [6, 6.07) is 0. The largest absolute Gasteiger partial charge is 0.379 e. The van der Waals surface area contributed by atoms with E-state index in [0.717, 1.165) is 52.6 Å². The number of rotatable bonds is 5. The third kappa shape index (κ3) is 3.81. The average Bonchev–Trinajstić information content (AvgIpc) is 2.48. The topological polar surface area (TPSA) is 24.9 Å². The van der Waals surface area contributed by atoms with Crippen LogP contribution in [0.3, 0.4) is 0 Å². The molecule has 2 saturated heterocycles. The Morgan fingerprint density at radius 2 is 1.30 bits per heavy atom. The molecule has 4 nitrogen and oxygen atoms in total. The standard InChI is InChI=1S/C14H30N2O2Si2/c1-5-19(2,3)14-20(4,15-6-10-17-11-7-15)16-8-12-18-13-9-16/h5H,1,6-14H2,2-4H3. The first-order valence-electron chi connectivity index (χ1n) is 7.77. The van der Waals surface area contributed by atoms with Crippen molar-refractivity contribution in [2.45, 2.75) is 25.3 Å². The molecule has 0 atom stereocenters. The van der Waals surface area contributed by atoms with Gasteiger partial charge >= 0.3 is 0 Å². The maximum Gasteiger partial charge on any atom is 0.201 e. The molecule has 0 amide bonds. The highest BCUT2D eigenvalue weighted by Gasteiger charge is 2.45. The second-order valence-electron chi connectivity index (χ2n) is 6.79. The van der Waals surface area contributed by atoms with Gasteiger partial charge in [-0.15, -0.1) is 12.3 Å². The SMILES string of the molecule is C=C[Si](C)(C)C[Si](C)(N1CCOCC1)N1CCOCC1. The van der Waals surface area contributed by atoms with Crippen LogP contribution in [0, 0.1) is 0 Å². The Hall–Kier alpha value is 0.0138. The molecule has 2 aliphatic heterocycles. The van der Waals surface area contributed by atoms with Crippen molar-refractivity contribution in [3.8, 4) is 0 Å². The first-order valence-corrected chi connectivity index (χ1v) is 13.7. The van der Waals surface area contributed by atoms with E-state index in [4.69, 9.17) is 9.47 Å². The average molecular weight is 315 g/mol. The van der Waals surface area contributed by atoms with E-state index >= 15 is 0 Å². The Kier molecular flexibility index (Phi) is 5.61. The van der Waals surface area contributed by atoms with Gasteiger partial charge < -0.3 is 18.6 Å². The van der Waals surface area contributed by atoms with Gasteiger partial charge in [0.05, 0.1) is 34.5 Å². The molecule has 2 rings (SSSR count). The minimum Gasteiger partial charge on any atom is -0.379 e. The Morgan fingerprint density at radius 3 is 1.65 bits per heavy atom. The zero-order valence-electron chi connectivity index (χ0n) is 13.4. The Morgan fingerprint density at radius 1 is 0.900 bits per heavy atom. The predicted molar refractivity (Wildman–Crippen MR) is 88.9 cm³/mol. The first-order chi connectivity index (χ1) is 9.48. The van der Waals surface area contributed by atoms with Gasteiger partial charge in [-0.1, -0.05) is 13.1 Å². The molecule has 2 aliphatic rings. The molecule has 0 N–H and O–H groups in total. The van der Waals surface area contributed by atoms with Crippen LogP contribution >= 0.6 is 0 Å². The van der Waals surface area contributed by atoms with E-state index in [0.29, 0.717) is 0 Å². The lowest BCUT2D eigenvalue weighted by Gasteiger charge is -2.51. The van der Waals surface area contributed by atoms with Gasteiger partial charge in [0.15, 0.2) is 0 Å². The maximum absolute atomic E-state index is 5.57. The summed E-state index contributed by atoms with van der Waals surface area (Å²) in [7, 11) is -2.93. The van der Waals surface area contributed by atoms with E-state index in [1.807, 2.05) is 0 Å². The predicted octanol–water partition coefficient (Wildman–Crippen LogP) is 1.70. The number of hydrogen-bond donors (Lipinski definition) is 0. The van der Waals surface area contributed by atoms with E-state index in [1.54, 1.807) is 0 Å². The molecule has 0 bridgehead atoms. The van der Waals surface area contributed by atoms with Crippen LogP contribution in [0.25, 0.3) is 0 Å². The van der Waals surface area contributed by atoms with Gasteiger partial charge in [0.25, 0.3) is 0 Å².